The molecule has 6 heteroatoms. The van der Waals surface area contributed by atoms with Crippen molar-refractivity contribution < 1.29 is 8.42 Å². The quantitative estimate of drug-likeness (QED) is 0.868. The van der Waals surface area contributed by atoms with Crippen LogP contribution in [0.3, 0.4) is 0 Å². The third kappa shape index (κ3) is 2.60. The first-order chi connectivity index (χ1) is 7.99. The van der Waals surface area contributed by atoms with Crippen LogP contribution in [-0.4, -0.2) is 19.8 Å². The van der Waals surface area contributed by atoms with Gasteiger partial charge in [-0.1, -0.05) is 23.7 Å². The summed E-state index contributed by atoms with van der Waals surface area (Å²) in [5.74, 6) is 0.288. The summed E-state index contributed by atoms with van der Waals surface area (Å²) in [5, 5.41) is 0.226. The Morgan fingerprint density at radius 1 is 1.29 bits per heavy atom. The average Bonchev–Trinajstić information content (AvgIpc) is 2.24. The first kappa shape index (κ1) is 13.1. The van der Waals surface area contributed by atoms with Crippen LogP contribution in [0.15, 0.2) is 29.2 Å². The van der Waals surface area contributed by atoms with Crippen LogP contribution in [0.1, 0.15) is 19.3 Å². The monoisotopic (exact) mass is 293 g/mol. The summed E-state index contributed by atoms with van der Waals surface area (Å²) in [5.41, 5.74) is -0.487. The molecule has 1 aliphatic rings. The number of alkyl halides is 1. The van der Waals surface area contributed by atoms with Gasteiger partial charge in [0.1, 0.15) is 4.90 Å². The minimum absolute atomic E-state index is 0.109. The lowest BCUT2D eigenvalue weighted by atomic mass is 9.79. The first-order valence-corrected chi connectivity index (χ1v) is 7.73. The van der Waals surface area contributed by atoms with Gasteiger partial charge in [-0.25, -0.2) is 13.1 Å². The second-order valence-electron chi connectivity index (χ2n) is 4.30. The Morgan fingerprint density at radius 3 is 2.41 bits per heavy atom. The van der Waals surface area contributed by atoms with Gasteiger partial charge in [0.05, 0.1) is 5.02 Å². The molecule has 0 spiro atoms. The fourth-order valence-electron chi connectivity index (χ4n) is 1.87. The molecule has 1 N–H and O–H groups in total. The Morgan fingerprint density at radius 2 is 1.94 bits per heavy atom. The lowest BCUT2D eigenvalue weighted by molar-refractivity contribution is 0.252. The van der Waals surface area contributed by atoms with Crippen LogP contribution < -0.4 is 4.72 Å². The van der Waals surface area contributed by atoms with Crippen molar-refractivity contribution >= 4 is 33.2 Å². The molecule has 0 atom stereocenters. The number of benzene rings is 1. The normalized spacial score (nSPS) is 18.7. The van der Waals surface area contributed by atoms with Gasteiger partial charge in [-0.05, 0) is 31.4 Å². The van der Waals surface area contributed by atoms with Crippen molar-refractivity contribution in [3.63, 3.8) is 0 Å². The fourth-order valence-corrected chi connectivity index (χ4v) is 4.26. The van der Waals surface area contributed by atoms with Crippen LogP contribution >= 0.6 is 23.2 Å². The average molecular weight is 294 g/mol. The molecule has 0 saturated heterocycles. The molecule has 0 bridgehead atoms. The van der Waals surface area contributed by atoms with Gasteiger partial charge in [-0.3, -0.25) is 0 Å². The Kier molecular flexibility index (Phi) is 3.69. The van der Waals surface area contributed by atoms with E-state index in [9.17, 15) is 8.42 Å². The lowest BCUT2D eigenvalue weighted by Gasteiger charge is -2.40. The summed E-state index contributed by atoms with van der Waals surface area (Å²) in [4.78, 5) is 0.109. The van der Waals surface area contributed by atoms with E-state index in [0.29, 0.717) is 0 Å². The highest BCUT2D eigenvalue weighted by Gasteiger charge is 2.40. The molecule has 1 aromatic carbocycles. The van der Waals surface area contributed by atoms with Crippen LogP contribution in [0.25, 0.3) is 0 Å². The van der Waals surface area contributed by atoms with Crippen molar-refractivity contribution in [2.24, 2.45) is 0 Å². The largest absolute Gasteiger partial charge is 0.242 e. The first-order valence-electron chi connectivity index (χ1n) is 5.34. The van der Waals surface area contributed by atoms with Gasteiger partial charge in [-0.15, -0.1) is 11.6 Å². The zero-order valence-corrected chi connectivity index (χ0v) is 11.4. The van der Waals surface area contributed by atoms with Crippen molar-refractivity contribution in [2.45, 2.75) is 29.7 Å². The highest BCUT2D eigenvalue weighted by molar-refractivity contribution is 7.89. The van der Waals surface area contributed by atoms with Crippen molar-refractivity contribution in [2.75, 3.05) is 5.88 Å². The summed E-state index contributed by atoms with van der Waals surface area (Å²) in [6.07, 6.45) is 2.55. The van der Waals surface area contributed by atoms with E-state index in [1.807, 2.05) is 0 Å². The molecule has 1 fully saturated rings. The van der Waals surface area contributed by atoms with Crippen LogP contribution in [0, 0.1) is 0 Å². The SMILES string of the molecule is O=S(=O)(NC1(CCl)CCC1)c1ccccc1Cl. The molecule has 1 saturated carbocycles. The molecule has 94 valence electrons. The zero-order chi connectivity index (χ0) is 12.5. The maximum atomic E-state index is 12.2. The molecule has 1 aliphatic carbocycles. The van der Waals surface area contributed by atoms with E-state index in [1.165, 1.54) is 6.07 Å². The molecule has 0 amide bonds. The zero-order valence-electron chi connectivity index (χ0n) is 9.12. The minimum atomic E-state index is -3.59. The van der Waals surface area contributed by atoms with Crippen LogP contribution in [0.5, 0.6) is 0 Å². The number of halogens is 2. The Balaban J connectivity index is 2.29. The van der Waals surface area contributed by atoms with Crippen LogP contribution in [0.4, 0.5) is 0 Å². The molecule has 1 aromatic rings. The molecular weight excluding hydrogens is 281 g/mol. The molecular formula is C11H13Cl2NO2S. The third-order valence-electron chi connectivity index (χ3n) is 3.04. The van der Waals surface area contributed by atoms with E-state index in [4.69, 9.17) is 23.2 Å². The fraction of sp³-hybridized carbons (Fsp3) is 0.455. The van der Waals surface area contributed by atoms with Gasteiger partial charge in [0.25, 0.3) is 0 Å². The topological polar surface area (TPSA) is 46.2 Å². The van der Waals surface area contributed by atoms with Gasteiger partial charge in [0, 0.05) is 11.4 Å². The van der Waals surface area contributed by atoms with Gasteiger partial charge in [0.15, 0.2) is 0 Å². The highest BCUT2D eigenvalue weighted by Crippen LogP contribution is 2.35. The van der Waals surface area contributed by atoms with E-state index < -0.39 is 15.6 Å². The maximum absolute atomic E-state index is 12.2. The Bertz CT molecular complexity index is 506. The number of sulfonamides is 1. The Labute approximate surface area is 111 Å². The minimum Gasteiger partial charge on any atom is -0.207 e. The number of hydrogen-bond acceptors (Lipinski definition) is 2. The molecule has 0 radical (unpaired) electrons. The summed E-state index contributed by atoms with van der Waals surface area (Å²) >= 11 is 11.7. The highest BCUT2D eigenvalue weighted by atomic mass is 35.5. The number of nitrogens with one attached hydrogen (secondary N) is 1. The molecule has 17 heavy (non-hydrogen) atoms. The van der Waals surface area contributed by atoms with E-state index in [2.05, 4.69) is 4.72 Å². The van der Waals surface area contributed by atoms with E-state index >= 15 is 0 Å². The molecule has 0 heterocycles. The van der Waals surface area contributed by atoms with Crippen LogP contribution in [-0.2, 0) is 10.0 Å². The summed E-state index contributed by atoms with van der Waals surface area (Å²) in [6, 6.07) is 6.39. The standard InChI is InChI=1S/C11H13Cl2NO2S/c12-8-11(6-3-7-11)14-17(15,16)10-5-2-1-4-9(10)13/h1-2,4-5,14H,3,6-8H2. The number of rotatable bonds is 4. The second kappa shape index (κ2) is 4.76. The van der Waals surface area contributed by atoms with Gasteiger partial charge in [-0.2, -0.15) is 0 Å². The van der Waals surface area contributed by atoms with E-state index in [-0.39, 0.29) is 15.8 Å². The van der Waals surface area contributed by atoms with Crippen molar-refractivity contribution in [3.05, 3.63) is 29.3 Å². The predicted molar refractivity (Wildman–Crippen MR) is 69.1 cm³/mol. The smallest absolute Gasteiger partial charge is 0.207 e. The number of hydrogen-bond donors (Lipinski definition) is 1. The van der Waals surface area contributed by atoms with Crippen LogP contribution in [0.2, 0.25) is 5.02 Å². The molecule has 0 aliphatic heterocycles. The van der Waals surface area contributed by atoms with Crippen molar-refractivity contribution in [1.29, 1.82) is 0 Å². The maximum Gasteiger partial charge on any atom is 0.242 e. The van der Waals surface area contributed by atoms with Gasteiger partial charge in [0.2, 0.25) is 10.0 Å². The van der Waals surface area contributed by atoms with E-state index in [0.717, 1.165) is 19.3 Å². The van der Waals surface area contributed by atoms with Crippen molar-refractivity contribution in [1.82, 2.24) is 4.72 Å². The predicted octanol–water partition coefficient (Wildman–Crippen LogP) is 2.78. The van der Waals surface area contributed by atoms with Gasteiger partial charge >= 0.3 is 0 Å². The third-order valence-corrected chi connectivity index (χ3v) is 5.63. The molecule has 2 rings (SSSR count). The lowest BCUT2D eigenvalue weighted by Crippen LogP contribution is -2.54. The molecule has 0 aromatic heterocycles. The van der Waals surface area contributed by atoms with Crippen molar-refractivity contribution in [3.8, 4) is 0 Å². The summed E-state index contributed by atoms with van der Waals surface area (Å²) in [6.45, 7) is 0. The summed E-state index contributed by atoms with van der Waals surface area (Å²) < 4.78 is 27.0. The Hall–Kier alpha value is -0.290. The van der Waals surface area contributed by atoms with E-state index in [1.54, 1.807) is 18.2 Å². The molecule has 3 nitrogen and oxygen atoms in total. The second-order valence-corrected chi connectivity index (χ2v) is 6.63. The van der Waals surface area contributed by atoms with Gasteiger partial charge < -0.3 is 0 Å². The summed E-state index contributed by atoms with van der Waals surface area (Å²) in [7, 11) is -3.59. The molecule has 0 unspecified atom stereocenters.